The van der Waals surface area contributed by atoms with Crippen molar-refractivity contribution in [2.75, 3.05) is 6.54 Å². The van der Waals surface area contributed by atoms with E-state index in [2.05, 4.69) is 24.5 Å². The zero-order chi connectivity index (χ0) is 13.6. The van der Waals surface area contributed by atoms with Gasteiger partial charge in [0.2, 0.25) is 0 Å². The van der Waals surface area contributed by atoms with Crippen molar-refractivity contribution in [3.63, 3.8) is 0 Å². The SMILES string of the molecule is CC(C)CC(C)(CN)NC(=O)NC1CCCCC1. The number of amides is 2. The molecule has 1 rings (SSSR count). The molecule has 0 radical (unpaired) electrons. The molecule has 0 spiro atoms. The Labute approximate surface area is 111 Å². The third kappa shape index (κ3) is 5.25. The second-order valence-corrected chi connectivity index (χ2v) is 6.30. The van der Waals surface area contributed by atoms with E-state index in [0.717, 1.165) is 19.3 Å². The van der Waals surface area contributed by atoms with Crippen molar-refractivity contribution in [3.05, 3.63) is 0 Å². The fourth-order valence-electron chi connectivity index (χ4n) is 2.83. The molecule has 1 aliphatic rings. The van der Waals surface area contributed by atoms with Crippen molar-refractivity contribution >= 4 is 6.03 Å². The fourth-order valence-corrected chi connectivity index (χ4v) is 2.83. The van der Waals surface area contributed by atoms with Gasteiger partial charge in [-0.05, 0) is 32.1 Å². The highest BCUT2D eigenvalue weighted by atomic mass is 16.2. The van der Waals surface area contributed by atoms with E-state index in [9.17, 15) is 4.79 Å². The van der Waals surface area contributed by atoms with Crippen LogP contribution in [0.5, 0.6) is 0 Å². The second-order valence-electron chi connectivity index (χ2n) is 6.30. The lowest BCUT2D eigenvalue weighted by molar-refractivity contribution is 0.214. The number of nitrogens with two attached hydrogens (primary N) is 1. The first-order chi connectivity index (χ1) is 8.45. The quantitative estimate of drug-likeness (QED) is 0.706. The first-order valence-corrected chi connectivity index (χ1v) is 7.24. The molecule has 1 saturated carbocycles. The minimum absolute atomic E-state index is 0.0597. The van der Waals surface area contributed by atoms with E-state index in [0.29, 0.717) is 18.5 Å². The van der Waals surface area contributed by atoms with E-state index in [-0.39, 0.29) is 11.6 Å². The number of carbonyl (C=O) groups is 1. The summed E-state index contributed by atoms with van der Waals surface area (Å²) < 4.78 is 0. The molecule has 0 bridgehead atoms. The number of nitrogens with one attached hydrogen (secondary N) is 2. The summed E-state index contributed by atoms with van der Waals surface area (Å²) in [6, 6.07) is 0.287. The van der Waals surface area contributed by atoms with E-state index < -0.39 is 0 Å². The van der Waals surface area contributed by atoms with Crippen LogP contribution < -0.4 is 16.4 Å². The molecule has 4 heteroatoms. The van der Waals surface area contributed by atoms with Gasteiger partial charge in [0.15, 0.2) is 0 Å². The van der Waals surface area contributed by atoms with Crippen molar-refractivity contribution in [2.24, 2.45) is 11.7 Å². The molecular weight excluding hydrogens is 226 g/mol. The standard InChI is InChI=1S/C14H29N3O/c1-11(2)9-14(3,10-15)17-13(18)16-12-7-5-4-6-8-12/h11-12H,4-10,15H2,1-3H3,(H2,16,17,18). The summed E-state index contributed by atoms with van der Waals surface area (Å²) in [6.07, 6.45) is 6.87. The number of urea groups is 1. The van der Waals surface area contributed by atoms with E-state index in [1.807, 2.05) is 6.92 Å². The van der Waals surface area contributed by atoms with Crippen LogP contribution in [0, 0.1) is 5.92 Å². The summed E-state index contributed by atoms with van der Waals surface area (Å²) in [5.74, 6) is 0.522. The van der Waals surface area contributed by atoms with Gasteiger partial charge in [0.05, 0.1) is 5.54 Å². The maximum Gasteiger partial charge on any atom is 0.315 e. The molecule has 0 aromatic carbocycles. The summed E-state index contributed by atoms with van der Waals surface area (Å²) in [5.41, 5.74) is 5.50. The van der Waals surface area contributed by atoms with E-state index in [1.54, 1.807) is 0 Å². The van der Waals surface area contributed by atoms with Crippen molar-refractivity contribution in [1.29, 1.82) is 0 Å². The van der Waals surface area contributed by atoms with Crippen LogP contribution >= 0.6 is 0 Å². The molecule has 2 amide bonds. The molecule has 0 saturated heterocycles. The van der Waals surface area contributed by atoms with Gasteiger partial charge in [0, 0.05) is 12.6 Å². The van der Waals surface area contributed by atoms with Crippen LogP contribution in [-0.4, -0.2) is 24.2 Å². The molecule has 0 aromatic heterocycles. The smallest absolute Gasteiger partial charge is 0.315 e. The molecule has 0 aromatic rings. The predicted molar refractivity (Wildman–Crippen MR) is 75.5 cm³/mol. The Bertz CT molecular complexity index is 262. The van der Waals surface area contributed by atoms with Crippen LogP contribution in [0.4, 0.5) is 4.79 Å². The summed E-state index contributed by atoms with van der Waals surface area (Å²) in [4.78, 5) is 12.0. The number of hydrogen-bond acceptors (Lipinski definition) is 2. The summed E-state index contributed by atoms with van der Waals surface area (Å²) >= 11 is 0. The largest absolute Gasteiger partial charge is 0.335 e. The number of rotatable bonds is 5. The monoisotopic (exact) mass is 255 g/mol. The van der Waals surface area contributed by atoms with Crippen molar-refractivity contribution in [3.8, 4) is 0 Å². The summed E-state index contributed by atoms with van der Waals surface area (Å²) in [6.45, 7) is 6.79. The van der Waals surface area contributed by atoms with Crippen LogP contribution in [0.1, 0.15) is 59.3 Å². The minimum atomic E-state index is -0.299. The molecular formula is C14H29N3O. The highest BCUT2D eigenvalue weighted by Crippen LogP contribution is 2.18. The molecule has 0 heterocycles. The van der Waals surface area contributed by atoms with Crippen LogP contribution in [0.3, 0.4) is 0 Å². The van der Waals surface area contributed by atoms with Gasteiger partial charge >= 0.3 is 6.03 Å². The van der Waals surface area contributed by atoms with Crippen molar-refractivity contribution in [1.82, 2.24) is 10.6 Å². The van der Waals surface area contributed by atoms with Crippen LogP contribution in [-0.2, 0) is 0 Å². The Kier molecular flexibility index (Phi) is 5.93. The maximum atomic E-state index is 12.0. The fraction of sp³-hybridized carbons (Fsp3) is 0.929. The molecule has 0 aliphatic heterocycles. The Hall–Kier alpha value is -0.770. The van der Waals surface area contributed by atoms with Crippen molar-refractivity contribution in [2.45, 2.75) is 70.9 Å². The molecule has 1 aliphatic carbocycles. The van der Waals surface area contributed by atoms with Crippen molar-refractivity contribution < 1.29 is 4.79 Å². The van der Waals surface area contributed by atoms with Gasteiger partial charge in [-0.3, -0.25) is 0 Å². The second kappa shape index (κ2) is 6.98. The minimum Gasteiger partial charge on any atom is -0.335 e. The lowest BCUT2D eigenvalue weighted by Crippen LogP contribution is -2.56. The third-order valence-electron chi connectivity index (χ3n) is 3.66. The summed E-state index contributed by atoms with van der Waals surface area (Å²) in [7, 11) is 0. The third-order valence-corrected chi connectivity index (χ3v) is 3.66. The normalized spacial score (nSPS) is 20.5. The van der Waals surface area contributed by atoms with Crippen LogP contribution in [0.2, 0.25) is 0 Å². The Morgan fingerprint density at radius 2 is 1.94 bits per heavy atom. The first-order valence-electron chi connectivity index (χ1n) is 7.24. The molecule has 4 N–H and O–H groups in total. The first kappa shape index (κ1) is 15.3. The van der Waals surface area contributed by atoms with Gasteiger partial charge in [-0.15, -0.1) is 0 Å². The summed E-state index contributed by atoms with van der Waals surface area (Å²) in [5, 5.41) is 6.12. The van der Waals surface area contributed by atoms with Gasteiger partial charge in [-0.1, -0.05) is 33.1 Å². The zero-order valence-corrected chi connectivity index (χ0v) is 12.1. The van der Waals surface area contributed by atoms with Crippen LogP contribution in [0.25, 0.3) is 0 Å². The topological polar surface area (TPSA) is 67.1 Å². The highest BCUT2D eigenvalue weighted by molar-refractivity contribution is 5.75. The van der Waals surface area contributed by atoms with Gasteiger partial charge in [-0.25, -0.2) is 4.79 Å². The Morgan fingerprint density at radius 3 is 2.44 bits per heavy atom. The Balaban J connectivity index is 2.40. The molecule has 18 heavy (non-hydrogen) atoms. The zero-order valence-electron chi connectivity index (χ0n) is 12.1. The Morgan fingerprint density at radius 1 is 1.33 bits per heavy atom. The average Bonchev–Trinajstić information content (AvgIpc) is 2.28. The molecule has 4 nitrogen and oxygen atoms in total. The molecule has 1 atom stereocenters. The lowest BCUT2D eigenvalue weighted by Gasteiger charge is -2.32. The van der Waals surface area contributed by atoms with E-state index >= 15 is 0 Å². The number of hydrogen-bond donors (Lipinski definition) is 3. The lowest BCUT2D eigenvalue weighted by atomic mass is 9.91. The highest BCUT2D eigenvalue weighted by Gasteiger charge is 2.26. The van der Waals surface area contributed by atoms with Gasteiger partial charge in [-0.2, -0.15) is 0 Å². The van der Waals surface area contributed by atoms with Gasteiger partial charge < -0.3 is 16.4 Å². The van der Waals surface area contributed by atoms with E-state index in [4.69, 9.17) is 5.73 Å². The van der Waals surface area contributed by atoms with Gasteiger partial charge in [0.25, 0.3) is 0 Å². The van der Waals surface area contributed by atoms with Crippen LogP contribution in [0.15, 0.2) is 0 Å². The van der Waals surface area contributed by atoms with Gasteiger partial charge in [0.1, 0.15) is 0 Å². The average molecular weight is 255 g/mol. The molecule has 1 unspecified atom stereocenters. The number of carbonyl (C=O) groups excluding carboxylic acids is 1. The molecule has 106 valence electrons. The maximum absolute atomic E-state index is 12.0. The molecule has 1 fully saturated rings. The predicted octanol–water partition coefficient (Wildman–Crippen LogP) is 2.38. The van der Waals surface area contributed by atoms with E-state index in [1.165, 1.54) is 19.3 Å².